The van der Waals surface area contributed by atoms with Crippen LogP contribution in [0.25, 0.3) is 11.3 Å². The van der Waals surface area contributed by atoms with Crippen LogP contribution in [0.2, 0.25) is 0 Å². The fourth-order valence-electron chi connectivity index (χ4n) is 1.38. The maximum atomic E-state index is 12.4. The first-order valence-corrected chi connectivity index (χ1v) is 5.70. The quantitative estimate of drug-likeness (QED) is 0.864. The van der Waals surface area contributed by atoms with E-state index in [9.17, 15) is 13.6 Å². The Morgan fingerprint density at radius 1 is 1.39 bits per heavy atom. The second-order valence-electron chi connectivity index (χ2n) is 3.26. The Kier molecular flexibility index (Phi) is 3.61. The molecule has 0 aliphatic rings. The van der Waals surface area contributed by atoms with Crippen LogP contribution in [0.4, 0.5) is 8.78 Å². The van der Waals surface area contributed by atoms with Crippen molar-refractivity contribution in [3.63, 3.8) is 0 Å². The highest BCUT2D eigenvalue weighted by molar-refractivity contribution is 7.99. The van der Waals surface area contributed by atoms with E-state index in [0.717, 1.165) is 0 Å². The molecule has 2 aromatic rings. The molecule has 0 aliphatic carbocycles. The van der Waals surface area contributed by atoms with Gasteiger partial charge in [-0.3, -0.25) is 0 Å². The van der Waals surface area contributed by atoms with Gasteiger partial charge < -0.3 is 9.63 Å². The Hall–Kier alpha value is -1.89. The van der Waals surface area contributed by atoms with Gasteiger partial charge in [-0.25, -0.2) is 4.79 Å². The van der Waals surface area contributed by atoms with E-state index in [1.54, 1.807) is 18.2 Å². The first-order chi connectivity index (χ1) is 8.58. The molecule has 1 aromatic carbocycles. The van der Waals surface area contributed by atoms with Crippen LogP contribution in [0, 0.1) is 0 Å². The zero-order chi connectivity index (χ0) is 13.1. The maximum Gasteiger partial charge on any atom is 0.374 e. The summed E-state index contributed by atoms with van der Waals surface area (Å²) >= 11 is 0.375. The zero-order valence-electron chi connectivity index (χ0n) is 8.84. The first kappa shape index (κ1) is 12.6. The first-order valence-electron chi connectivity index (χ1n) is 4.82. The Balaban J connectivity index is 2.39. The third kappa shape index (κ3) is 2.67. The summed E-state index contributed by atoms with van der Waals surface area (Å²) < 4.78 is 29.3. The molecule has 0 saturated heterocycles. The number of hydrogen-bond acceptors (Lipinski definition) is 4. The van der Waals surface area contributed by atoms with E-state index in [1.165, 1.54) is 12.1 Å². The molecule has 94 valence electrons. The number of carboxylic acid groups (broad SMARTS) is 1. The van der Waals surface area contributed by atoms with Crippen LogP contribution in [-0.4, -0.2) is 22.0 Å². The van der Waals surface area contributed by atoms with Gasteiger partial charge in [-0.15, -0.1) is 0 Å². The fraction of sp³-hybridized carbons (Fsp3) is 0.0909. The van der Waals surface area contributed by atoms with Gasteiger partial charge in [0.05, 0.1) is 0 Å². The van der Waals surface area contributed by atoms with E-state index < -0.39 is 11.7 Å². The van der Waals surface area contributed by atoms with Crippen LogP contribution < -0.4 is 0 Å². The molecule has 0 spiro atoms. The molecule has 18 heavy (non-hydrogen) atoms. The van der Waals surface area contributed by atoms with Crippen molar-refractivity contribution in [2.75, 3.05) is 0 Å². The summed E-state index contributed by atoms with van der Waals surface area (Å²) in [5, 5.41) is 12.3. The number of aromatic nitrogens is 1. The minimum absolute atomic E-state index is 0.219. The van der Waals surface area contributed by atoms with Gasteiger partial charge in [0.15, 0.2) is 0 Å². The van der Waals surface area contributed by atoms with Gasteiger partial charge in [-0.1, -0.05) is 35.1 Å². The van der Waals surface area contributed by atoms with Crippen molar-refractivity contribution in [1.82, 2.24) is 5.16 Å². The SMILES string of the molecule is O=C(O)c1cc(-c2ccccc2SC(F)F)no1. The Morgan fingerprint density at radius 3 is 2.72 bits per heavy atom. The van der Waals surface area contributed by atoms with E-state index in [-0.39, 0.29) is 11.5 Å². The van der Waals surface area contributed by atoms with Crippen molar-refractivity contribution in [1.29, 1.82) is 0 Å². The molecule has 0 fully saturated rings. The third-order valence-electron chi connectivity index (χ3n) is 2.10. The van der Waals surface area contributed by atoms with Gasteiger partial charge in [0.25, 0.3) is 5.76 Å². The predicted molar refractivity (Wildman–Crippen MR) is 60.8 cm³/mol. The van der Waals surface area contributed by atoms with Crippen LogP contribution >= 0.6 is 11.8 Å². The Labute approximate surface area is 105 Å². The summed E-state index contributed by atoms with van der Waals surface area (Å²) in [5.74, 6) is -4.15. The van der Waals surface area contributed by atoms with Crippen molar-refractivity contribution in [3.8, 4) is 11.3 Å². The molecular formula is C11H7F2NO3S. The summed E-state index contributed by atoms with van der Waals surface area (Å²) in [6, 6.07) is 7.56. The van der Waals surface area contributed by atoms with Gasteiger partial charge in [-0.05, 0) is 6.07 Å². The molecular weight excluding hydrogens is 264 g/mol. The maximum absolute atomic E-state index is 12.4. The number of benzene rings is 1. The lowest BCUT2D eigenvalue weighted by molar-refractivity contribution is 0.0652. The van der Waals surface area contributed by atoms with Crippen LogP contribution in [0.15, 0.2) is 39.8 Å². The number of carbonyl (C=O) groups is 1. The van der Waals surface area contributed by atoms with Gasteiger partial charge in [-0.2, -0.15) is 8.78 Å². The van der Waals surface area contributed by atoms with Gasteiger partial charge >= 0.3 is 5.97 Å². The molecule has 7 heteroatoms. The minimum atomic E-state index is -2.56. The monoisotopic (exact) mass is 271 g/mol. The zero-order valence-corrected chi connectivity index (χ0v) is 9.66. The highest BCUT2D eigenvalue weighted by atomic mass is 32.2. The molecule has 0 saturated carbocycles. The lowest BCUT2D eigenvalue weighted by atomic mass is 10.1. The smallest absolute Gasteiger partial charge is 0.374 e. The average molecular weight is 271 g/mol. The van der Waals surface area contributed by atoms with Crippen molar-refractivity contribution in [2.24, 2.45) is 0 Å². The normalized spacial score (nSPS) is 10.8. The molecule has 0 unspecified atom stereocenters. The summed E-state index contributed by atoms with van der Waals surface area (Å²) in [5.41, 5.74) is 0.634. The molecule has 0 bridgehead atoms. The van der Waals surface area contributed by atoms with Gasteiger partial charge in [0.2, 0.25) is 5.76 Å². The standard InChI is InChI=1S/C11H7F2NO3S/c12-11(13)18-9-4-2-1-3-6(9)7-5-8(10(15)16)17-14-7/h1-5,11H,(H,15,16). The number of nitrogens with zero attached hydrogens (tertiary/aromatic N) is 1. The number of thioether (sulfide) groups is 1. The number of hydrogen-bond donors (Lipinski definition) is 1. The molecule has 0 amide bonds. The van der Waals surface area contributed by atoms with Crippen molar-refractivity contribution in [3.05, 3.63) is 36.1 Å². The highest BCUT2D eigenvalue weighted by Crippen LogP contribution is 2.34. The van der Waals surface area contributed by atoms with Crippen molar-refractivity contribution >= 4 is 17.7 Å². The number of aromatic carboxylic acids is 1. The lowest BCUT2D eigenvalue weighted by Crippen LogP contribution is -1.91. The van der Waals surface area contributed by atoms with Crippen LogP contribution in [0.1, 0.15) is 10.6 Å². The molecule has 0 radical (unpaired) electrons. The van der Waals surface area contributed by atoms with Crippen LogP contribution in [-0.2, 0) is 0 Å². The summed E-state index contributed by atoms with van der Waals surface area (Å²) in [6.45, 7) is 0. The van der Waals surface area contributed by atoms with E-state index in [1.807, 2.05) is 0 Å². The van der Waals surface area contributed by atoms with E-state index in [0.29, 0.717) is 22.2 Å². The molecule has 0 atom stereocenters. The van der Waals surface area contributed by atoms with Gasteiger partial charge in [0.1, 0.15) is 5.69 Å². The Bertz CT molecular complexity index is 571. The van der Waals surface area contributed by atoms with Crippen LogP contribution in [0.3, 0.4) is 0 Å². The third-order valence-corrected chi connectivity index (χ3v) is 2.89. The summed E-state index contributed by atoms with van der Waals surface area (Å²) in [6.07, 6.45) is 0. The second-order valence-corrected chi connectivity index (χ2v) is 4.29. The largest absolute Gasteiger partial charge is 0.475 e. The highest BCUT2D eigenvalue weighted by Gasteiger charge is 2.16. The fourth-order valence-corrected chi connectivity index (χ4v) is 2.03. The predicted octanol–water partition coefficient (Wildman–Crippen LogP) is 3.35. The second kappa shape index (κ2) is 5.18. The number of carboxylic acids is 1. The number of alkyl halides is 2. The molecule has 1 N–H and O–H groups in total. The van der Waals surface area contributed by atoms with Crippen LogP contribution in [0.5, 0.6) is 0 Å². The topological polar surface area (TPSA) is 63.3 Å². The van der Waals surface area contributed by atoms with Gasteiger partial charge in [0, 0.05) is 16.5 Å². The molecule has 1 heterocycles. The van der Waals surface area contributed by atoms with Crippen molar-refractivity contribution < 1.29 is 23.2 Å². The number of halogens is 2. The molecule has 1 aromatic heterocycles. The lowest BCUT2D eigenvalue weighted by Gasteiger charge is -2.04. The summed E-state index contributed by atoms with van der Waals surface area (Å²) in [4.78, 5) is 11.0. The molecule has 4 nitrogen and oxygen atoms in total. The molecule has 2 rings (SSSR count). The molecule has 0 aliphatic heterocycles. The van der Waals surface area contributed by atoms with E-state index in [2.05, 4.69) is 9.68 Å². The summed E-state index contributed by atoms with van der Waals surface area (Å²) in [7, 11) is 0. The minimum Gasteiger partial charge on any atom is -0.475 e. The average Bonchev–Trinajstić information content (AvgIpc) is 2.78. The van der Waals surface area contributed by atoms with Crippen molar-refractivity contribution in [2.45, 2.75) is 10.7 Å². The van der Waals surface area contributed by atoms with E-state index in [4.69, 9.17) is 5.11 Å². The van der Waals surface area contributed by atoms with E-state index >= 15 is 0 Å². The Morgan fingerprint density at radius 2 is 2.11 bits per heavy atom. The number of rotatable bonds is 4.